The molecule has 2 N–H and O–H groups in total. The molecule has 0 saturated carbocycles. The third-order valence-electron chi connectivity index (χ3n) is 5.93. The lowest BCUT2D eigenvalue weighted by Crippen LogP contribution is -2.46. The fourth-order valence-electron chi connectivity index (χ4n) is 4.10. The molecule has 0 radical (unpaired) electrons. The third kappa shape index (κ3) is 6.91. The van der Waals surface area contributed by atoms with Gasteiger partial charge in [0.15, 0.2) is 5.78 Å². The van der Waals surface area contributed by atoms with Crippen LogP contribution < -0.4 is 5.32 Å². The van der Waals surface area contributed by atoms with Crippen molar-refractivity contribution in [3.05, 3.63) is 71.8 Å². The molecule has 1 aliphatic heterocycles. The van der Waals surface area contributed by atoms with E-state index in [9.17, 15) is 24.3 Å². The second-order valence-electron chi connectivity index (χ2n) is 8.55. The van der Waals surface area contributed by atoms with Crippen molar-refractivity contribution in [1.82, 2.24) is 10.2 Å². The van der Waals surface area contributed by atoms with Crippen LogP contribution in [0.5, 0.6) is 0 Å². The summed E-state index contributed by atoms with van der Waals surface area (Å²) in [6.07, 6.45) is 0.449. The Balaban J connectivity index is 1.64. The van der Waals surface area contributed by atoms with Crippen LogP contribution in [0.25, 0.3) is 0 Å². The first-order chi connectivity index (χ1) is 16.3. The van der Waals surface area contributed by atoms with Crippen molar-refractivity contribution in [3.8, 4) is 0 Å². The Bertz CT molecular complexity index is 995. The van der Waals surface area contributed by atoms with Crippen LogP contribution in [-0.2, 0) is 32.1 Å². The molecule has 0 spiro atoms. The van der Waals surface area contributed by atoms with Crippen LogP contribution in [0.3, 0.4) is 0 Å². The Morgan fingerprint density at radius 2 is 1.65 bits per heavy atom. The molecule has 1 fully saturated rings. The number of rotatable bonds is 10. The number of carbonyl (C=O) groups is 4. The molecule has 3 atom stereocenters. The van der Waals surface area contributed by atoms with Crippen molar-refractivity contribution >= 4 is 23.8 Å². The van der Waals surface area contributed by atoms with E-state index in [0.717, 1.165) is 11.1 Å². The van der Waals surface area contributed by atoms with E-state index in [1.807, 2.05) is 60.7 Å². The monoisotopic (exact) mass is 466 g/mol. The molecule has 1 heterocycles. The predicted octanol–water partition coefficient (Wildman–Crippen LogP) is 3.20. The van der Waals surface area contributed by atoms with Crippen LogP contribution in [0.4, 0.5) is 4.79 Å². The molecule has 3 rings (SSSR count). The summed E-state index contributed by atoms with van der Waals surface area (Å²) in [5.41, 5.74) is 1.68. The summed E-state index contributed by atoms with van der Waals surface area (Å²) in [5, 5.41) is 12.0. The summed E-state index contributed by atoms with van der Waals surface area (Å²) in [7, 11) is 0. The minimum atomic E-state index is -1.03. The maximum atomic E-state index is 13.1. The van der Waals surface area contributed by atoms with Crippen molar-refractivity contribution in [1.29, 1.82) is 0 Å². The van der Waals surface area contributed by atoms with Crippen molar-refractivity contribution in [2.75, 3.05) is 6.54 Å². The summed E-state index contributed by atoms with van der Waals surface area (Å²) >= 11 is 0. The number of aliphatic carboxylic acids is 1. The summed E-state index contributed by atoms with van der Waals surface area (Å²) < 4.78 is 5.28. The fraction of sp³-hybridized carbons (Fsp3) is 0.385. The zero-order chi connectivity index (χ0) is 24.5. The molecule has 8 heteroatoms. The van der Waals surface area contributed by atoms with Gasteiger partial charge in [0.2, 0.25) is 5.91 Å². The van der Waals surface area contributed by atoms with E-state index in [1.165, 1.54) is 4.90 Å². The van der Waals surface area contributed by atoms with Gasteiger partial charge in [-0.05, 0) is 30.4 Å². The largest absolute Gasteiger partial charge is 0.480 e. The van der Waals surface area contributed by atoms with Crippen LogP contribution in [0, 0.1) is 5.92 Å². The minimum absolute atomic E-state index is 0.0688. The molecule has 0 aliphatic carbocycles. The maximum absolute atomic E-state index is 13.1. The van der Waals surface area contributed by atoms with E-state index in [-0.39, 0.29) is 31.1 Å². The van der Waals surface area contributed by atoms with Gasteiger partial charge in [-0.3, -0.25) is 9.59 Å². The highest BCUT2D eigenvalue weighted by Gasteiger charge is 2.37. The molecule has 1 aliphatic rings. The van der Waals surface area contributed by atoms with E-state index in [2.05, 4.69) is 5.32 Å². The lowest BCUT2D eigenvalue weighted by atomic mass is 9.94. The Hall–Kier alpha value is -3.68. The van der Waals surface area contributed by atoms with Gasteiger partial charge in [-0.25, -0.2) is 9.59 Å². The number of alkyl carbamates (subject to hydrolysis) is 1. The average Bonchev–Trinajstić information content (AvgIpc) is 3.33. The number of ketones is 1. The van der Waals surface area contributed by atoms with Gasteiger partial charge in [-0.1, -0.05) is 67.6 Å². The highest BCUT2D eigenvalue weighted by molar-refractivity contribution is 5.93. The second-order valence-corrected chi connectivity index (χ2v) is 8.55. The minimum Gasteiger partial charge on any atom is -0.480 e. The number of Topliss-reactive ketones (excluding diaryl/α,β-unsaturated/α-hetero) is 1. The molecular weight excluding hydrogens is 436 g/mol. The normalized spacial score (nSPS) is 17.0. The van der Waals surface area contributed by atoms with Crippen LogP contribution in [0.15, 0.2) is 60.7 Å². The number of likely N-dealkylation sites (tertiary alicyclic amines) is 1. The van der Waals surface area contributed by atoms with Gasteiger partial charge < -0.3 is 20.1 Å². The lowest BCUT2D eigenvalue weighted by molar-refractivity contribution is -0.150. The Morgan fingerprint density at radius 3 is 2.26 bits per heavy atom. The first kappa shape index (κ1) is 25.0. The van der Waals surface area contributed by atoms with E-state index < -0.39 is 30.1 Å². The standard InChI is InChI=1S/C26H30N2O6/c1-18(24(30)28-14-8-13-22(28)25(31)32)15-23(29)21(16-19-9-4-2-5-10-19)27-26(33)34-17-20-11-6-3-7-12-20/h2-7,9-12,18,21-22H,8,13-17H2,1H3,(H,27,33)(H,31,32)/t18-,21+,22-/m0/s1. The number of hydrogen-bond donors (Lipinski definition) is 2. The first-order valence-corrected chi connectivity index (χ1v) is 11.4. The summed E-state index contributed by atoms with van der Waals surface area (Å²) in [6, 6.07) is 16.7. The number of hydrogen-bond acceptors (Lipinski definition) is 5. The molecular formula is C26H30N2O6. The molecule has 1 saturated heterocycles. The third-order valence-corrected chi connectivity index (χ3v) is 5.93. The molecule has 34 heavy (non-hydrogen) atoms. The van der Waals surface area contributed by atoms with E-state index in [0.29, 0.717) is 19.4 Å². The predicted molar refractivity (Wildman–Crippen MR) is 125 cm³/mol. The van der Waals surface area contributed by atoms with E-state index >= 15 is 0 Å². The molecule has 180 valence electrons. The van der Waals surface area contributed by atoms with Crippen molar-refractivity contribution in [2.24, 2.45) is 5.92 Å². The SMILES string of the molecule is C[C@@H](CC(=O)[C@@H](Cc1ccccc1)NC(=O)OCc1ccccc1)C(=O)N1CCC[C@H]1C(=O)O. The molecule has 8 nitrogen and oxygen atoms in total. The number of nitrogens with one attached hydrogen (secondary N) is 1. The number of carboxylic acid groups (broad SMARTS) is 1. The maximum Gasteiger partial charge on any atom is 0.408 e. The summed E-state index contributed by atoms with van der Waals surface area (Å²) in [5.74, 6) is -2.40. The van der Waals surface area contributed by atoms with Gasteiger partial charge in [0.25, 0.3) is 0 Å². The zero-order valence-electron chi connectivity index (χ0n) is 19.2. The number of nitrogens with zero attached hydrogens (tertiary/aromatic N) is 1. The van der Waals surface area contributed by atoms with E-state index in [1.54, 1.807) is 6.92 Å². The number of carboxylic acids is 1. The van der Waals surface area contributed by atoms with Crippen LogP contribution in [0.2, 0.25) is 0 Å². The van der Waals surface area contributed by atoms with Gasteiger partial charge in [0.1, 0.15) is 12.6 Å². The first-order valence-electron chi connectivity index (χ1n) is 11.4. The second kappa shape index (κ2) is 12.0. The van der Waals surface area contributed by atoms with Gasteiger partial charge in [0.05, 0.1) is 6.04 Å². The van der Waals surface area contributed by atoms with E-state index in [4.69, 9.17) is 4.74 Å². The van der Waals surface area contributed by atoms with Crippen molar-refractivity contribution in [3.63, 3.8) is 0 Å². The molecule has 0 aromatic heterocycles. The molecule has 2 aromatic carbocycles. The fourth-order valence-corrected chi connectivity index (χ4v) is 4.10. The topological polar surface area (TPSA) is 113 Å². The van der Waals surface area contributed by atoms with Gasteiger partial charge in [-0.2, -0.15) is 0 Å². The molecule has 0 unspecified atom stereocenters. The van der Waals surface area contributed by atoms with Gasteiger partial charge in [-0.15, -0.1) is 0 Å². The average molecular weight is 467 g/mol. The quantitative estimate of drug-likeness (QED) is 0.556. The van der Waals surface area contributed by atoms with Crippen molar-refractivity contribution in [2.45, 2.75) is 51.3 Å². The summed E-state index contributed by atoms with van der Waals surface area (Å²) in [6.45, 7) is 2.05. The van der Waals surface area contributed by atoms with Gasteiger partial charge in [0, 0.05) is 18.9 Å². The van der Waals surface area contributed by atoms with Crippen LogP contribution in [0.1, 0.15) is 37.3 Å². The number of benzene rings is 2. The van der Waals surface area contributed by atoms with Crippen LogP contribution in [-0.4, -0.2) is 52.4 Å². The number of carbonyl (C=O) groups excluding carboxylic acids is 3. The van der Waals surface area contributed by atoms with Gasteiger partial charge >= 0.3 is 12.1 Å². The number of amides is 2. The summed E-state index contributed by atoms with van der Waals surface area (Å²) in [4.78, 5) is 51.2. The Labute approximate surface area is 198 Å². The molecule has 2 amide bonds. The Kier molecular flexibility index (Phi) is 8.79. The number of ether oxygens (including phenoxy) is 1. The lowest BCUT2D eigenvalue weighted by Gasteiger charge is -2.25. The highest BCUT2D eigenvalue weighted by Crippen LogP contribution is 2.22. The molecule has 0 bridgehead atoms. The van der Waals surface area contributed by atoms with Crippen LogP contribution >= 0.6 is 0 Å². The van der Waals surface area contributed by atoms with Crippen molar-refractivity contribution < 1.29 is 29.0 Å². The highest BCUT2D eigenvalue weighted by atomic mass is 16.5. The smallest absolute Gasteiger partial charge is 0.408 e. The zero-order valence-corrected chi connectivity index (χ0v) is 19.2. The molecule has 2 aromatic rings. The Morgan fingerprint density at radius 1 is 1.03 bits per heavy atom.